The molecule has 3 rings (SSSR count). The van der Waals surface area contributed by atoms with Crippen molar-refractivity contribution < 1.29 is 9.47 Å². The summed E-state index contributed by atoms with van der Waals surface area (Å²) in [4.78, 5) is 0. The van der Waals surface area contributed by atoms with Gasteiger partial charge in [0.05, 0.1) is 6.61 Å². The van der Waals surface area contributed by atoms with Gasteiger partial charge in [0.2, 0.25) is 5.16 Å². The number of hydrogen-bond acceptors (Lipinski definition) is 7. The van der Waals surface area contributed by atoms with Crippen LogP contribution in [0.1, 0.15) is 24.5 Å². The van der Waals surface area contributed by atoms with E-state index in [2.05, 4.69) is 45.1 Å². The summed E-state index contributed by atoms with van der Waals surface area (Å²) in [6, 6.07) is 16.3. The minimum Gasteiger partial charge on any atom is -0.490 e. The average molecular weight is 450 g/mol. The summed E-state index contributed by atoms with van der Waals surface area (Å²) in [7, 11) is 1.85. The standard InChI is InChI=1S/C21H27N5O2S.ClH/c1-3-27-20-14-18(10-11-19(20)28-16-17-8-5-4-6-9-17)15-22-12-7-13-29-21-23-24-25-26(21)2;/h4-6,8-11,14,22H,3,7,12-13,15-16H2,1-2H3;1H. The number of hydrogen-bond donors (Lipinski definition) is 1. The Kier molecular flexibility index (Phi) is 10.5. The monoisotopic (exact) mass is 449 g/mol. The molecule has 0 amide bonds. The van der Waals surface area contributed by atoms with Gasteiger partial charge in [0, 0.05) is 19.3 Å². The quantitative estimate of drug-likeness (QED) is 0.332. The van der Waals surface area contributed by atoms with Crippen molar-refractivity contribution in [1.82, 2.24) is 25.5 Å². The third-order valence-corrected chi connectivity index (χ3v) is 5.28. The first kappa shape index (κ1) is 24.0. The van der Waals surface area contributed by atoms with E-state index in [1.807, 2.05) is 38.2 Å². The van der Waals surface area contributed by atoms with Crippen LogP contribution in [-0.4, -0.2) is 39.1 Å². The first-order valence-corrected chi connectivity index (χ1v) is 10.7. The molecule has 30 heavy (non-hydrogen) atoms. The summed E-state index contributed by atoms with van der Waals surface area (Å²) in [6.45, 7) is 4.82. The van der Waals surface area contributed by atoms with Crippen molar-refractivity contribution in [3.63, 3.8) is 0 Å². The van der Waals surface area contributed by atoms with E-state index >= 15 is 0 Å². The molecule has 162 valence electrons. The fourth-order valence-electron chi connectivity index (χ4n) is 2.72. The predicted octanol–water partition coefficient (Wildman–Crippen LogP) is 3.88. The maximum atomic E-state index is 5.97. The number of aromatic nitrogens is 4. The van der Waals surface area contributed by atoms with Gasteiger partial charge < -0.3 is 14.8 Å². The number of ether oxygens (including phenoxy) is 2. The number of thioether (sulfide) groups is 1. The molecule has 0 unspecified atom stereocenters. The number of nitrogens with zero attached hydrogens (tertiary/aromatic N) is 4. The fourth-order valence-corrected chi connectivity index (χ4v) is 3.51. The van der Waals surface area contributed by atoms with Crippen LogP contribution in [0.2, 0.25) is 0 Å². The number of halogens is 1. The molecule has 1 heterocycles. The Balaban J connectivity index is 0.00000320. The summed E-state index contributed by atoms with van der Waals surface area (Å²) in [5, 5.41) is 15.8. The van der Waals surface area contributed by atoms with Crippen LogP contribution in [0.3, 0.4) is 0 Å². The highest BCUT2D eigenvalue weighted by Crippen LogP contribution is 2.29. The van der Waals surface area contributed by atoms with Gasteiger partial charge in [-0.2, -0.15) is 0 Å². The van der Waals surface area contributed by atoms with Gasteiger partial charge in [0.1, 0.15) is 6.61 Å². The average Bonchev–Trinajstić information content (AvgIpc) is 3.15. The molecule has 1 N–H and O–H groups in total. The highest BCUT2D eigenvalue weighted by Gasteiger charge is 2.07. The zero-order valence-electron chi connectivity index (χ0n) is 17.3. The van der Waals surface area contributed by atoms with Crippen molar-refractivity contribution in [2.24, 2.45) is 7.05 Å². The molecule has 0 saturated carbocycles. The van der Waals surface area contributed by atoms with Crippen molar-refractivity contribution in [2.75, 3.05) is 18.9 Å². The van der Waals surface area contributed by atoms with Gasteiger partial charge in [-0.3, -0.25) is 0 Å². The Morgan fingerprint density at radius 2 is 1.87 bits per heavy atom. The van der Waals surface area contributed by atoms with Crippen molar-refractivity contribution in [3.8, 4) is 11.5 Å². The van der Waals surface area contributed by atoms with Gasteiger partial charge in [0.15, 0.2) is 11.5 Å². The number of tetrazole rings is 1. The highest BCUT2D eigenvalue weighted by molar-refractivity contribution is 7.99. The van der Waals surface area contributed by atoms with Gasteiger partial charge in [-0.05, 0) is 53.6 Å². The Morgan fingerprint density at radius 3 is 2.60 bits per heavy atom. The summed E-state index contributed by atoms with van der Waals surface area (Å²) in [5.74, 6) is 2.53. The number of nitrogens with one attached hydrogen (secondary N) is 1. The Hall–Kier alpha value is -2.29. The minimum atomic E-state index is 0. The van der Waals surface area contributed by atoms with E-state index in [0.29, 0.717) is 13.2 Å². The topological polar surface area (TPSA) is 74.1 Å². The maximum absolute atomic E-state index is 5.97. The molecule has 0 aliphatic heterocycles. The molecule has 0 bridgehead atoms. The van der Waals surface area contributed by atoms with E-state index in [4.69, 9.17) is 9.47 Å². The molecule has 2 aromatic carbocycles. The Morgan fingerprint density at radius 1 is 1.03 bits per heavy atom. The molecule has 0 radical (unpaired) electrons. The summed E-state index contributed by atoms with van der Waals surface area (Å²) >= 11 is 1.66. The van der Waals surface area contributed by atoms with Crippen LogP contribution >= 0.6 is 24.2 Å². The Labute approximate surface area is 188 Å². The molecule has 9 heteroatoms. The summed E-state index contributed by atoms with van der Waals surface area (Å²) in [6.07, 6.45) is 1.04. The largest absolute Gasteiger partial charge is 0.490 e. The lowest BCUT2D eigenvalue weighted by atomic mass is 10.2. The smallest absolute Gasteiger partial charge is 0.209 e. The molecule has 0 aliphatic carbocycles. The second-order valence-electron chi connectivity index (χ2n) is 6.45. The van der Waals surface area contributed by atoms with Crippen LogP contribution in [-0.2, 0) is 20.2 Å². The zero-order valence-corrected chi connectivity index (χ0v) is 18.9. The molecule has 0 spiro atoms. The summed E-state index contributed by atoms with van der Waals surface area (Å²) in [5.41, 5.74) is 2.31. The van der Waals surface area contributed by atoms with Crippen LogP contribution in [0.5, 0.6) is 11.5 Å². The van der Waals surface area contributed by atoms with Gasteiger partial charge >= 0.3 is 0 Å². The first-order chi connectivity index (χ1) is 14.3. The third-order valence-electron chi connectivity index (χ3n) is 4.18. The van der Waals surface area contributed by atoms with Crippen LogP contribution < -0.4 is 14.8 Å². The minimum absolute atomic E-state index is 0. The maximum Gasteiger partial charge on any atom is 0.209 e. The van der Waals surface area contributed by atoms with E-state index in [9.17, 15) is 0 Å². The number of aryl methyl sites for hydroxylation is 1. The number of rotatable bonds is 12. The van der Waals surface area contributed by atoms with Crippen molar-refractivity contribution in [1.29, 1.82) is 0 Å². The van der Waals surface area contributed by atoms with Gasteiger partial charge in [-0.25, -0.2) is 4.68 Å². The van der Waals surface area contributed by atoms with Crippen LogP contribution in [0.4, 0.5) is 0 Å². The third kappa shape index (κ3) is 7.51. The lowest BCUT2D eigenvalue weighted by Crippen LogP contribution is -2.15. The van der Waals surface area contributed by atoms with Crippen molar-refractivity contribution >= 4 is 24.2 Å². The zero-order chi connectivity index (χ0) is 20.3. The molecule has 1 aromatic heterocycles. The van der Waals surface area contributed by atoms with E-state index in [0.717, 1.165) is 47.5 Å². The SMILES string of the molecule is CCOc1cc(CNCCCSc2nnnn2C)ccc1OCc1ccccc1.Cl. The number of benzene rings is 2. The highest BCUT2D eigenvalue weighted by atomic mass is 35.5. The molecule has 3 aromatic rings. The second kappa shape index (κ2) is 13.1. The van der Waals surface area contributed by atoms with Crippen LogP contribution in [0.25, 0.3) is 0 Å². The van der Waals surface area contributed by atoms with E-state index in [1.165, 1.54) is 5.56 Å². The predicted molar refractivity (Wildman–Crippen MR) is 121 cm³/mol. The molecule has 0 fully saturated rings. The van der Waals surface area contributed by atoms with Crippen LogP contribution in [0, 0.1) is 0 Å². The van der Waals surface area contributed by atoms with Gasteiger partial charge in [0.25, 0.3) is 0 Å². The lowest BCUT2D eigenvalue weighted by molar-refractivity contribution is 0.269. The molecule has 0 aliphatic rings. The molecule has 0 saturated heterocycles. The van der Waals surface area contributed by atoms with E-state index < -0.39 is 0 Å². The summed E-state index contributed by atoms with van der Waals surface area (Å²) < 4.78 is 13.4. The van der Waals surface area contributed by atoms with Crippen molar-refractivity contribution in [2.45, 2.75) is 31.7 Å². The lowest BCUT2D eigenvalue weighted by Gasteiger charge is -2.14. The molecule has 0 atom stereocenters. The van der Waals surface area contributed by atoms with Crippen LogP contribution in [0.15, 0.2) is 53.7 Å². The Bertz CT molecular complexity index is 879. The normalized spacial score (nSPS) is 10.5. The van der Waals surface area contributed by atoms with E-state index in [-0.39, 0.29) is 12.4 Å². The van der Waals surface area contributed by atoms with Gasteiger partial charge in [-0.15, -0.1) is 17.5 Å². The fraction of sp³-hybridized carbons (Fsp3) is 0.381. The molecular formula is C21H28ClN5O2S. The van der Waals surface area contributed by atoms with E-state index in [1.54, 1.807) is 16.4 Å². The van der Waals surface area contributed by atoms with Gasteiger partial charge in [-0.1, -0.05) is 48.2 Å². The van der Waals surface area contributed by atoms with Crippen molar-refractivity contribution in [3.05, 3.63) is 59.7 Å². The molecule has 7 nitrogen and oxygen atoms in total. The second-order valence-corrected chi connectivity index (χ2v) is 7.51. The molecular weight excluding hydrogens is 422 g/mol. The first-order valence-electron chi connectivity index (χ1n) is 9.74.